The van der Waals surface area contributed by atoms with E-state index in [1.165, 1.54) is 46.2 Å². The maximum atomic E-state index is 2.30. The van der Waals surface area contributed by atoms with Gasteiger partial charge in [-0.15, -0.1) is 0 Å². The molecule has 2 aromatic rings. The third kappa shape index (κ3) is 2.80. The zero-order valence-corrected chi connectivity index (χ0v) is 13.3. The van der Waals surface area contributed by atoms with Crippen LogP contribution < -0.4 is 0 Å². The van der Waals surface area contributed by atoms with Gasteiger partial charge >= 0.3 is 0 Å². The van der Waals surface area contributed by atoms with Gasteiger partial charge in [0.25, 0.3) is 0 Å². The molecule has 0 bridgehead atoms. The van der Waals surface area contributed by atoms with Crippen LogP contribution in [0, 0.1) is 6.92 Å². The second kappa shape index (κ2) is 6.74. The minimum atomic E-state index is 1.11. The third-order valence-electron chi connectivity index (χ3n) is 4.21. The average molecular weight is 266 g/mol. The maximum absolute atomic E-state index is 2.30. The first-order valence-corrected chi connectivity index (χ1v) is 7.92. The molecular weight excluding hydrogens is 240 g/mol. The summed E-state index contributed by atoms with van der Waals surface area (Å²) < 4.78 is 0. The standard InChI is InChI=1S/C20H26/c1-5-10-18-15(4)11-8-13-20(18)19-14-9-12-16(6-2)17(19)7-3/h8-9,11-14H,5-7,10H2,1-4H3. The van der Waals surface area contributed by atoms with Crippen LogP contribution in [-0.2, 0) is 19.3 Å². The van der Waals surface area contributed by atoms with Crippen molar-refractivity contribution in [2.24, 2.45) is 0 Å². The Morgan fingerprint density at radius 2 is 1.40 bits per heavy atom. The molecule has 0 aliphatic rings. The van der Waals surface area contributed by atoms with Crippen molar-refractivity contribution in [3.8, 4) is 11.1 Å². The first-order chi connectivity index (χ1) is 9.72. The van der Waals surface area contributed by atoms with Gasteiger partial charge in [0.05, 0.1) is 0 Å². The number of hydrogen-bond donors (Lipinski definition) is 0. The molecule has 0 heteroatoms. The summed E-state index contributed by atoms with van der Waals surface area (Å²) in [5.41, 5.74) is 8.86. The molecule has 0 aliphatic heterocycles. The fourth-order valence-electron chi connectivity index (χ4n) is 3.17. The molecule has 0 heterocycles. The molecule has 0 saturated carbocycles. The normalized spacial score (nSPS) is 10.8. The summed E-state index contributed by atoms with van der Waals surface area (Å²) in [4.78, 5) is 0. The Labute approximate surface area is 123 Å². The van der Waals surface area contributed by atoms with E-state index in [0.717, 1.165) is 12.8 Å². The molecule has 0 unspecified atom stereocenters. The van der Waals surface area contributed by atoms with E-state index < -0.39 is 0 Å². The summed E-state index contributed by atoms with van der Waals surface area (Å²) in [7, 11) is 0. The average Bonchev–Trinajstić information content (AvgIpc) is 2.48. The quantitative estimate of drug-likeness (QED) is 0.647. The molecule has 0 aromatic heterocycles. The summed E-state index contributed by atoms with van der Waals surface area (Å²) in [5, 5.41) is 0. The predicted octanol–water partition coefficient (Wildman–Crippen LogP) is 5.74. The van der Waals surface area contributed by atoms with Crippen molar-refractivity contribution in [2.45, 2.75) is 53.4 Å². The highest BCUT2D eigenvalue weighted by Gasteiger charge is 2.12. The van der Waals surface area contributed by atoms with Crippen LogP contribution in [0.15, 0.2) is 36.4 Å². The van der Waals surface area contributed by atoms with Crippen molar-refractivity contribution in [3.63, 3.8) is 0 Å². The van der Waals surface area contributed by atoms with Crippen LogP contribution in [0.3, 0.4) is 0 Å². The Kier molecular flexibility index (Phi) is 5.00. The van der Waals surface area contributed by atoms with Crippen LogP contribution in [0.1, 0.15) is 49.4 Å². The van der Waals surface area contributed by atoms with E-state index >= 15 is 0 Å². The van der Waals surface area contributed by atoms with Crippen LogP contribution in [0.25, 0.3) is 11.1 Å². The fraction of sp³-hybridized carbons (Fsp3) is 0.400. The Balaban J connectivity index is 2.65. The largest absolute Gasteiger partial charge is 0.0651 e. The highest BCUT2D eigenvalue weighted by Crippen LogP contribution is 2.32. The van der Waals surface area contributed by atoms with Gasteiger partial charge in [0.15, 0.2) is 0 Å². The number of benzene rings is 2. The summed E-state index contributed by atoms with van der Waals surface area (Å²) in [6.07, 6.45) is 4.60. The highest BCUT2D eigenvalue weighted by molar-refractivity contribution is 5.73. The van der Waals surface area contributed by atoms with Crippen molar-refractivity contribution in [2.75, 3.05) is 0 Å². The molecule has 0 atom stereocenters. The number of aryl methyl sites for hydroxylation is 2. The van der Waals surface area contributed by atoms with Crippen molar-refractivity contribution in [3.05, 3.63) is 58.7 Å². The fourth-order valence-corrected chi connectivity index (χ4v) is 3.17. The van der Waals surface area contributed by atoms with Crippen molar-refractivity contribution >= 4 is 0 Å². The van der Waals surface area contributed by atoms with E-state index in [2.05, 4.69) is 64.1 Å². The SMILES string of the molecule is CCCc1c(C)cccc1-c1cccc(CC)c1CC. The molecular formula is C20H26. The predicted molar refractivity (Wildman–Crippen MR) is 89.4 cm³/mol. The molecule has 106 valence electrons. The first-order valence-electron chi connectivity index (χ1n) is 7.92. The topological polar surface area (TPSA) is 0 Å². The molecule has 0 aliphatic carbocycles. The van der Waals surface area contributed by atoms with Gasteiger partial charge in [-0.3, -0.25) is 0 Å². The van der Waals surface area contributed by atoms with E-state index in [-0.39, 0.29) is 0 Å². The lowest BCUT2D eigenvalue weighted by molar-refractivity contribution is 0.913. The van der Waals surface area contributed by atoms with Gasteiger partial charge in [-0.25, -0.2) is 0 Å². The van der Waals surface area contributed by atoms with Crippen LogP contribution in [-0.4, -0.2) is 0 Å². The van der Waals surface area contributed by atoms with Gasteiger partial charge in [-0.2, -0.15) is 0 Å². The van der Waals surface area contributed by atoms with Crippen molar-refractivity contribution in [1.82, 2.24) is 0 Å². The van der Waals surface area contributed by atoms with Gasteiger partial charge < -0.3 is 0 Å². The summed E-state index contributed by atoms with van der Waals surface area (Å²) >= 11 is 0. The molecule has 0 spiro atoms. The summed E-state index contributed by atoms with van der Waals surface area (Å²) in [5.74, 6) is 0. The van der Waals surface area contributed by atoms with Gasteiger partial charge in [0.2, 0.25) is 0 Å². The van der Waals surface area contributed by atoms with E-state index in [4.69, 9.17) is 0 Å². The summed E-state index contributed by atoms with van der Waals surface area (Å²) in [6.45, 7) is 9.03. The molecule has 0 nitrogen and oxygen atoms in total. The lowest BCUT2D eigenvalue weighted by Crippen LogP contribution is -1.99. The van der Waals surface area contributed by atoms with Gasteiger partial charge in [-0.1, -0.05) is 63.6 Å². The van der Waals surface area contributed by atoms with Gasteiger partial charge in [-0.05, 0) is 59.6 Å². The minimum Gasteiger partial charge on any atom is -0.0651 e. The third-order valence-corrected chi connectivity index (χ3v) is 4.21. The molecule has 0 N–H and O–H groups in total. The maximum Gasteiger partial charge on any atom is -0.0146 e. The second-order valence-electron chi connectivity index (χ2n) is 5.50. The van der Waals surface area contributed by atoms with Gasteiger partial charge in [0.1, 0.15) is 0 Å². The summed E-state index contributed by atoms with van der Waals surface area (Å²) in [6, 6.07) is 13.5. The smallest absolute Gasteiger partial charge is 0.0146 e. The number of hydrogen-bond acceptors (Lipinski definition) is 0. The lowest BCUT2D eigenvalue weighted by Gasteiger charge is -2.17. The second-order valence-corrected chi connectivity index (χ2v) is 5.50. The van der Waals surface area contributed by atoms with Crippen molar-refractivity contribution < 1.29 is 0 Å². The van der Waals surface area contributed by atoms with E-state index in [0.29, 0.717) is 0 Å². The molecule has 0 fully saturated rings. The number of rotatable bonds is 5. The molecule has 2 aromatic carbocycles. The molecule has 0 radical (unpaired) electrons. The highest BCUT2D eigenvalue weighted by atomic mass is 14.2. The minimum absolute atomic E-state index is 1.11. The van der Waals surface area contributed by atoms with Gasteiger partial charge in [0, 0.05) is 0 Å². The lowest BCUT2D eigenvalue weighted by atomic mass is 9.87. The van der Waals surface area contributed by atoms with Crippen molar-refractivity contribution in [1.29, 1.82) is 0 Å². The van der Waals surface area contributed by atoms with E-state index in [9.17, 15) is 0 Å². The monoisotopic (exact) mass is 266 g/mol. The molecule has 0 amide bonds. The van der Waals surface area contributed by atoms with Crippen LogP contribution in [0.5, 0.6) is 0 Å². The molecule has 2 rings (SSSR count). The molecule has 0 saturated heterocycles. The Hall–Kier alpha value is -1.56. The Morgan fingerprint density at radius 3 is 2.00 bits per heavy atom. The Bertz CT molecular complexity index is 579. The van der Waals surface area contributed by atoms with Crippen LogP contribution in [0.2, 0.25) is 0 Å². The van der Waals surface area contributed by atoms with E-state index in [1.807, 2.05) is 0 Å². The Morgan fingerprint density at radius 1 is 0.750 bits per heavy atom. The van der Waals surface area contributed by atoms with E-state index in [1.54, 1.807) is 0 Å². The first kappa shape index (κ1) is 14.8. The zero-order chi connectivity index (χ0) is 14.5. The van der Waals surface area contributed by atoms with Crippen LogP contribution in [0.4, 0.5) is 0 Å². The molecule has 20 heavy (non-hydrogen) atoms. The zero-order valence-electron chi connectivity index (χ0n) is 13.3. The van der Waals surface area contributed by atoms with Crippen LogP contribution >= 0.6 is 0 Å².